The number of imidazole rings is 1. The van der Waals surface area contributed by atoms with Crippen LogP contribution in [0, 0.1) is 5.92 Å². The summed E-state index contributed by atoms with van der Waals surface area (Å²) in [6.07, 6.45) is 19.4. The zero-order valence-corrected chi connectivity index (χ0v) is 20.0. The molecule has 34 heavy (non-hydrogen) atoms. The van der Waals surface area contributed by atoms with Crippen LogP contribution in [0.15, 0.2) is 79.0 Å². The summed E-state index contributed by atoms with van der Waals surface area (Å²) in [4.78, 5) is 11.5. The van der Waals surface area contributed by atoms with Gasteiger partial charge in [0, 0.05) is 35.0 Å². The number of hydrogen-bond donors (Lipinski definition) is 1. The molecule has 0 saturated heterocycles. The van der Waals surface area contributed by atoms with Crippen LogP contribution in [0.5, 0.6) is 0 Å². The van der Waals surface area contributed by atoms with Crippen LogP contribution in [0.3, 0.4) is 0 Å². The number of H-pyrrole nitrogens is 1. The molecule has 3 heteroatoms. The molecule has 0 radical (unpaired) electrons. The zero-order valence-electron chi connectivity index (χ0n) is 20.0. The van der Waals surface area contributed by atoms with E-state index in [4.69, 9.17) is 4.98 Å². The second-order valence-corrected chi connectivity index (χ2v) is 9.78. The van der Waals surface area contributed by atoms with Crippen molar-refractivity contribution in [2.75, 3.05) is 6.54 Å². The Balaban J connectivity index is 1.37. The first-order valence-electron chi connectivity index (χ1n) is 13.0. The Hall–Kier alpha value is -3.33. The summed E-state index contributed by atoms with van der Waals surface area (Å²) in [6.45, 7) is 3.39. The van der Waals surface area contributed by atoms with E-state index in [1.807, 2.05) is 0 Å². The molecule has 1 N–H and O–H groups in total. The van der Waals surface area contributed by atoms with Crippen LogP contribution in [0.25, 0.3) is 38.2 Å². The Kier molecular flexibility index (Phi) is 5.70. The maximum absolute atomic E-state index is 5.22. The summed E-state index contributed by atoms with van der Waals surface area (Å²) < 4.78 is 0. The molecule has 172 valence electrons. The van der Waals surface area contributed by atoms with Gasteiger partial charge < -0.3 is 9.88 Å². The van der Waals surface area contributed by atoms with E-state index in [9.17, 15) is 0 Å². The number of nitrogens with zero attached hydrogens (tertiary/aromatic N) is 2. The van der Waals surface area contributed by atoms with Crippen molar-refractivity contribution < 1.29 is 0 Å². The van der Waals surface area contributed by atoms with Crippen molar-refractivity contribution in [1.82, 2.24) is 14.9 Å². The number of aromatic amines is 1. The summed E-state index contributed by atoms with van der Waals surface area (Å²) in [5.74, 6) is 1.36. The second kappa shape index (κ2) is 9.13. The molecule has 2 atom stereocenters. The lowest BCUT2D eigenvalue weighted by atomic mass is 9.90. The normalized spacial score (nSPS) is 19.4. The van der Waals surface area contributed by atoms with Crippen molar-refractivity contribution in [2.45, 2.75) is 51.5 Å². The quantitative estimate of drug-likeness (QED) is 0.219. The molecule has 6 rings (SSSR count). The van der Waals surface area contributed by atoms with Gasteiger partial charge in [0.1, 0.15) is 5.82 Å². The van der Waals surface area contributed by atoms with Crippen molar-refractivity contribution in [3.05, 3.63) is 84.9 Å². The number of unbranched alkanes of at least 4 members (excludes halogenated alkanes) is 5. The Morgan fingerprint density at radius 1 is 0.794 bits per heavy atom. The van der Waals surface area contributed by atoms with Gasteiger partial charge in [-0.2, -0.15) is 0 Å². The Labute approximate surface area is 201 Å². The summed E-state index contributed by atoms with van der Waals surface area (Å²) in [5.41, 5.74) is 3.53. The zero-order chi connectivity index (χ0) is 22.9. The number of nitrogens with one attached hydrogen (secondary N) is 1. The van der Waals surface area contributed by atoms with Gasteiger partial charge in [0.25, 0.3) is 0 Å². The van der Waals surface area contributed by atoms with Crippen molar-refractivity contribution in [2.24, 2.45) is 5.92 Å². The highest BCUT2D eigenvalue weighted by molar-refractivity contribution is 6.23. The minimum atomic E-state index is 0.350. The third-order valence-electron chi connectivity index (χ3n) is 7.57. The van der Waals surface area contributed by atoms with E-state index in [0.717, 1.165) is 23.4 Å². The van der Waals surface area contributed by atoms with Gasteiger partial charge in [-0.15, -0.1) is 0 Å². The van der Waals surface area contributed by atoms with Crippen LogP contribution in [0.4, 0.5) is 0 Å². The highest BCUT2D eigenvalue weighted by Gasteiger charge is 2.34. The van der Waals surface area contributed by atoms with Crippen LogP contribution in [-0.2, 0) is 0 Å². The molecular weight excluding hydrogens is 414 g/mol. The first kappa shape index (κ1) is 21.2. The monoisotopic (exact) mass is 447 g/mol. The molecule has 0 amide bonds. The SMILES string of the molecule is CCCCCCCCN1C=C(c2nc3c4ccccc4c4ccccc4c3[nH]2)C2C=CC=CC21. The molecule has 2 aliphatic rings. The summed E-state index contributed by atoms with van der Waals surface area (Å²) in [6, 6.07) is 17.7. The van der Waals surface area contributed by atoms with Gasteiger partial charge in [0.2, 0.25) is 0 Å². The second-order valence-electron chi connectivity index (χ2n) is 9.78. The molecular formula is C31H33N3. The van der Waals surface area contributed by atoms with E-state index in [0.29, 0.717) is 12.0 Å². The number of allylic oxidation sites excluding steroid dienone is 2. The molecule has 4 aromatic rings. The van der Waals surface area contributed by atoms with E-state index >= 15 is 0 Å². The molecule has 1 aromatic heterocycles. The number of fused-ring (bicyclic) bond motifs is 7. The highest BCUT2D eigenvalue weighted by Crippen LogP contribution is 2.40. The number of hydrogen-bond acceptors (Lipinski definition) is 2. The largest absolute Gasteiger partial charge is 0.370 e. The van der Waals surface area contributed by atoms with Gasteiger partial charge >= 0.3 is 0 Å². The lowest BCUT2D eigenvalue weighted by Crippen LogP contribution is -2.31. The number of aromatic nitrogens is 2. The van der Waals surface area contributed by atoms with Crippen LogP contribution in [0.1, 0.15) is 51.3 Å². The molecule has 0 saturated carbocycles. The molecule has 0 fully saturated rings. The van der Waals surface area contributed by atoms with E-state index in [1.165, 1.54) is 65.6 Å². The fourth-order valence-corrected chi connectivity index (χ4v) is 5.82. The fourth-order valence-electron chi connectivity index (χ4n) is 5.82. The fraction of sp³-hybridized carbons (Fsp3) is 0.323. The molecule has 0 spiro atoms. The average molecular weight is 448 g/mol. The lowest BCUT2D eigenvalue weighted by molar-refractivity contribution is 0.310. The van der Waals surface area contributed by atoms with Crippen molar-refractivity contribution in [1.29, 1.82) is 0 Å². The van der Waals surface area contributed by atoms with E-state index < -0.39 is 0 Å². The molecule has 1 aliphatic heterocycles. The maximum atomic E-state index is 5.22. The Morgan fingerprint density at radius 3 is 2.29 bits per heavy atom. The van der Waals surface area contributed by atoms with Gasteiger partial charge in [-0.25, -0.2) is 4.98 Å². The van der Waals surface area contributed by atoms with Gasteiger partial charge in [0.15, 0.2) is 0 Å². The average Bonchev–Trinajstić information content (AvgIpc) is 3.49. The minimum absolute atomic E-state index is 0.350. The number of benzene rings is 3. The Bertz CT molecular complexity index is 1350. The summed E-state index contributed by atoms with van der Waals surface area (Å²) in [5, 5.41) is 5.02. The first-order valence-corrected chi connectivity index (χ1v) is 13.0. The van der Waals surface area contributed by atoms with E-state index in [1.54, 1.807) is 0 Å². The van der Waals surface area contributed by atoms with Gasteiger partial charge in [-0.1, -0.05) is 112 Å². The molecule has 3 nitrogen and oxygen atoms in total. The van der Waals surface area contributed by atoms with Crippen LogP contribution in [-0.4, -0.2) is 27.5 Å². The third kappa shape index (κ3) is 3.64. The van der Waals surface area contributed by atoms with E-state index in [2.05, 4.69) is 95.8 Å². The van der Waals surface area contributed by atoms with Crippen LogP contribution in [0.2, 0.25) is 0 Å². The molecule has 1 aliphatic carbocycles. The molecule has 2 unspecified atom stereocenters. The standard InChI is InChI=1S/C31H33N3/c1-2-3-4-5-6-13-20-34-21-27(24-16-11-12-19-28(24)34)31-32-29-25-17-9-7-14-22(25)23-15-8-10-18-26(23)30(29)33-31/h7-12,14-19,21,24,28H,2-6,13,20H2,1H3,(H,32,33). The summed E-state index contributed by atoms with van der Waals surface area (Å²) >= 11 is 0. The predicted molar refractivity (Wildman–Crippen MR) is 145 cm³/mol. The highest BCUT2D eigenvalue weighted by atomic mass is 15.2. The van der Waals surface area contributed by atoms with Crippen molar-refractivity contribution >= 4 is 38.2 Å². The Morgan fingerprint density at radius 2 is 1.47 bits per heavy atom. The van der Waals surface area contributed by atoms with Crippen molar-refractivity contribution in [3.63, 3.8) is 0 Å². The first-order chi connectivity index (χ1) is 16.8. The van der Waals surface area contributed by atoms with Crippen molar-refractivity contribution in [3.8, 4) is 0 Å². The molecule has 2 heterocycles. The number of rotatable bonds is 8. The van der Waals surface area contributed by atoms with Crippen LogP contribution < -0.4 is 0 Å². The minimum Gasteiger partial charge on any atom is -0.370 e. The maximum Gasteiger partial charge on any atom is 0.136 e. The van der Waals surface area contributed by atoms with E-state index in [-0.39, 0.29) is 0 Å². The van der Waals surface area contributed by atoms with Gasteiger partial charge in [0.05, 0.1) is 17.1 Å². The third-order valence-corrected chi connectivity index (χ3v) is 7.57. The smallest absolute Gasteiger partial charge is 0.136 e. The molecule has 0 bridgehead atoms. The van der Waals surface area contributed by atoms with Gasteiger partial charge in [-0.3, -0.25) is 0 Å². The topological polar surface area (TPSA) is 31.9 Å². The molecule has 3 aromatic carbocycles. The lowest BCUT2D eigenvalue weighted by Gasteiger charge is -2.27. The summed E-state index contributed by atoms with van der Waals surface area (Å²) in [7, 11) is 0. The van der Waals surface area contributed by atoms with Crippen LogP contribution >= 0.6 is 0 Å². The predicted octanol–water partition coefficient (Wildman–Crippen LogP) is 8.00. The van der Waals surface area contributed by atoms with Gasteiger partial charge in [-0.05, 0) is 17.2 Å².